The molecule has 2 amide bonds. The monoisotopic (exact) mass is 362 g/mol. The van der Waals surface area contributed by atoms with Crippen molar-refractivity contribution in [2.75, 3.05) is 26.2 Å². The van der Waals surface area contributed by atoms with E-state index in [0.29, 0.717) is 38.3 Å². The summed E-state index contributed by atoms with van der Waals surface area (Å²) < 4.78 is 5.68. The van der Waals surface area contributed by atoms with E-state index >= 15 is 0 Å². The lowest BCUT2D eigenvalue weighted by atomic mass is 10.2. The molecule has 0 N–H and O–H groups in total. The molecule has 2 heterocycles. The Balaban J connectivity index is 1.95. The summed E-state index contributed by atoms with van der Waals surface area (Å²) in [6.45, 7) is 8.33. The number of nitrogens with zero attached hydrogens (tertiary/aromatic N) is 4. The molecule has 0 aromatic carbocycles. The second kappa shape index (κ2) is 10.2. The van der Waals surface area contributed by atoms with Gasteiger partial charge < -0.3 is 14.5 Å². The molecule has 0 aliphatic carbocycles. The lowest BCUT2D eigenvalue weighted by Crippen LogP contribution is -2.49. The number of aromatic nitrogens is 2. The second-order valence-corrected chi connectivity index (χ2v) is 6.90. The fourth-order valence-electron chi connectivity index (χ4n) is 3.21. The fourth-order valence-corrected chi connectivity index (χ4v) is 3.21. The molecule has 7 nitrogen and oxygen atoms in total. The lowest BCUT2D eigenvalue weighted by Gasteiger charge is -2.35. The van der Waals surface area contributed by atoms with Crippen LogP contribution < -0.4 is 0 Å². The Morgan fingerprint density at radius 3 is 2.54 bits per heavy atom. The summed E-state index contributed by atoms with van der Waals surface area (Å²) in [5.74, 6) is -0.0924. The zero-order valence-corrected chi connectivity index (χ0v) is 16.1. The Labute approximate surface area is 155 Å². The maximum atomic E-state index is 12.7. The SMILES string of the molecule is CCCCCN(CCC(=O)N1CC(C)OC(C)C1)C(=O)c1cnccn1. The molecule has 0 saturated carbocycles. The molecule has 1 aromatic heterocycles. The molecule has 0 spiro atoms. The van der Waals surface area contributed by atoms with Crippen molar-refractivity contribution in [1.29, 1.82) is 0 Å². The van der Waals surface area contributed by atoms with Gasteiger partial charge in [-0.1, -0.05) is 19.8 Å². The summed E-state index contributed by atoms with van der Waals surface area (Å²) in [6.07, 6.45) is 7.99. The molecule has 0 bridgehead atoms. The van der Waals surface area contributed by atoms with Crippen LogP contribution in [0.5, 0.6) is 0 Å². The molecule has 7 heteroatoms. The third-order valence-corrected chi connectivity index (χ3v) is 4.47. The van der Waals surface area contributed by atoms with Gasteiger partial charge in [-0.2, -0.15) is 0 Å². The molecular weight excluding hydrogens is 332 g/mol. The van der Waals surface area contributed by atoms with Gasteiger partial charge in [-0.05, 0) is 20.3 Å². The first-order valence-corrected chi connectivity index (χ1v) is 9.49. The first-order chi connectivity index (χ1) is 12.5. The summed E-state index contributed by atoms with van der Waals surface area (Å²) in [6, 6.07) is 0. The Bertz CT molecular complexity index is 571. The molecule has 0 radical (unpaired) electrons. The van der Waals surface area contributed by atoms with E-state index in [1.165, 1.54) is 12.4 Å². The van der Waals surface area contributed by atoms with Crippen molar-refractivity contribution in [3.63, 3.8) is 0 Å². The first-order valence-electron chi connectivity index (χ1n) is 9.49. The van der Waals surface area contributed by atoms with E-state index < -0.39 is 0 Å². The molecule has 2 unspecified atom stereocenters. The smallest absolute Gasteiger partial charge is 0.274 e. The van der Waals surface area contributed by atoms with Crippen LogP contribution in [0.1, 0.15) is 56.9 Å². The first kappa shape index (κ1) is 20.3. The van der Waals surface area contributed by atoms with Gasteiger partial charge in [0.15, 0.2) is 0 Å². The van der Waals surface area contributed by atoms with Gasteiger partial charge >= 0.3 is 0 Å². The number of amides is 2. The molecule has 1 fully saturated rings. The van der Waals surface area contributed by atoms with Crippen LogP contribution in [0.15, 0.2) is 18.6 Å². The van der Waals surface area contributed by atoms with Gasteiger partial charge in [-0.25, -0.2) is 4.98 Å². The number of hydrogen-bond acceptors (Lipinski definition) is 5. The van der Waals surface area contributed by atoms with E-state index in [2.05, 4.69) is 16.9 Å². The van der Waals surface area contributed by atoms with E-state index in [4.69, 9.17) is 4.74 Å². The van der Waals surface area contributed by atoms with Crippen LogP contribution in [0.2, 0.25) is 0 Å². The topological polar surface area (TPSA) is 75.6 Å². The van der Waals surface area contributed by atoms with Crippen molar-refractivity contribution in [1.82, 2.24) is 19.8 Å². The fraction of sp³-hybridized carbons (Fsp3) is 0.684. The van der Waals surface area contributed by atoms with Crippen LogP contribution in [-0.4, -0.2) is 70.0 Å². The standard InChI is InChI=1S/C19H30N4O3/c1-4-5-6-10-22(19(25)17-12-20-8-9-21-17)11-7-18(24)23-13-15(2)26-16(3)14-23/h8-9,12,15-16H,4-7,10-11,13-14H2,1-3H3. The van der Waals surface area contributed by atoms with Crippen molar-refractivity contribution in [3.8, 4) is 0 Å². The predicted molar refractivity (Wildman–Crippen MR) is 98.7 cm³/mol. The van der Waals surface area contributed by atoms with Crippen LogP contribution >= 0.6 is 0 Å². The summed E-state index contributed by atoms with van der Waals surface area (Å²) in [7, 11) is 0. The normalized spacial score (nSPS) is 20.0. The third kappa shape index (κ3) is 6.05. The predicted octanol–water partition coefficient (Wildman–Crippen LogP) is 2.13. The number of unbranched alkanes of at least 4 members (excludes halogenated alkanes) is 2. The minimum atomic E-state index is -0.161. The second-order valence-electron chi connectivity index (χ2n) is 6.90. The van der Waals surface area contributed by atoms with Gasteiger partial charge in [0.25, 0.3) is 5.91 Å². The van der Waals surface area contributed by atoms with Crippen molar-refractivity contribution in [2.24, 2.45) is 0 Å². The zero-order chi connectivity index (χ0) is 18.9. The van der Waals surface area contributed by atoms with Gasteiger partial charge in [0, 0.05) is 45.0 Å². The molecule has 1 aliphatic heterocycles. The van der Waals surface area contributed by atoms with Crippen molar-refractivity contribution >= 4 is 11.8 Å². The Kier molecular flexibility index (Phi) is 7.97. The molecule has 144 valence electrons. The number of hydrogen-bond donors (Lipinski definition) is 0. The van der Waals surface area contributed by atoms with E-state index in [1.54, 1.807) is 11.1 Å². The van der Waals surface area contributed by atoms with Crippen LogP contribution in [0.3, 0.4) is 0 Å². The van der Waals surface area contributed by atoms with Crippen LogP contribution in [0.4, 0.5) is 0 Å². The molecule has 1 saturated heterocycles. The summed E-state index contributed by atoms with van der Waals surface area (Å²) >= 11 is 0. The average molecular weight is 362 g/mol. The maximum absolute atomic E-state index is 12.7. The van der Waals surface area contributed by atoms with Crippen molar-refractivity contribution in [3.05, 3.63) is 24.3 Å². The lowest BCUT2D eigenvalue weighted by molar-refractivity contribution is -0.143. The Hall–Kier alpha value is -2.02. The molecule has 2 atom stereocenters. The molecule has 26 heavy (non-hydrogen) atoms. The summed E-state index contributed by atoms with van der Waals surface area (Å²) in [4.78, 5) is 36.9. The van der Waals surface area contributed by atoms with Gasteiger partial charge in [0.1, 0.15) is 5.69 Å². The van der Waals surface area contributed by atoms with Crippen LogP contribution in [0.25, 0.3) is 0 Å². The maximum Gasteiger partial charge on any atom is 0.274 e. The Morgan fingerprint density at radius 2 is 1.92 bits per heavy atom. The number of rotatable bonds is 8. The number of carbonyl (C=O) groups is 2. The minimum absolute atomic E-state index is 0.0459. The van der Waals surface area contributed by atoms with Gasteiger partial charge in [0.05, 0.1) is 18.4 Å². The van der Waals surface area contributed by atoms with Crippen molar-refractivity contribution in [2.45, 2.75) is 58.7 Å². The minimum Gasteiger partial charge on any atom is -0.372 e. The molecular formula is C19H30N4O3. The van der Waals surface area contributed by atoms with Gasteiger partial charge in [0.2, 0.25) is 5.91 Å². The zero-order valence-electron chi connectivity index (χ0n) is 16.1. The van der Waals surface area contributed by atoms with Crippen LogP contribution in [-0.2, 0) is 9.53 Å². The van der Waals surface area contributed by atoms with Crippen LogP contribution in [0, 0.1) is 0 Å². The number of carbonyl (C=O) groups excluding carboxylic acids is 2. The summed E-state index contributed by atoms with van der Waals surface area (Å²) in [5, 5.41) is 0. The van der Waals surface area contributed by atoms with E-state index in [0.717, 1.165) is 19.3 Å². The highest BCUT2D eigenvalue weighted by molar-refractivity contribution is 5.92. The third-order valence-electron chi connectivity index (χ3n) is 4.47. The number of morpholine rings is 1. The summed E-state index contributed by atoms with van der Waals surface area (Å²) in [5.41, 5.74) is 0.324. The largest absolute Gasteiger partial charge is 0.372 e. The van der Waals surface area contributed by atoms with E-state index in [9.17, 15) is 9.59 Å². The highest BCUT2D eigenvalue weighted by Crippen LogP contribution is 2.13. The highest BCUT2D eigenvalue weighted by atomic mass is 16.5. The quantitative estimate of drug-likeness (QED) is 0.662. The van der Waals surface area contributed by atoms with Gasteiger partial charge in [-0.15, -0.1) is 0 Å². The molecule has 1 aliphatic rings. The van der Waals surface area contributed by atoms with Gasteiger partial charge in [-0.3, -0.25) is 14.6 Å². The van der Waals surface area contributed by atoms with Crippen molar-refractivity contribution < 1.29 is 14.3 Å². The van der Waals surface area contributed by atoms with E-state index in [1.807, 2.05) is 18.7 Å². The Morgan fingerprint density at radius 1 is 1.19 bits per heavy atom. The molecule has 1 aromatic rings. The molecule has 2 rings (SSSR count). The van der Waals surface area contributed by atoms with E-state index in [-0.39, 0.29) is 24.0 Å². The number of ether oxygens (including phenoxy) is 1. The highest BCUT2D eigenvalue weighted by Gasteiger charge is 2.26. The average Bonchev–Trinajstić information content (AvgIpc) is 2.63.